The van der Waals surface area contributed by atoms with Crippen LogP contribution in [-0.4, -0.2) is 30.4 Å². The minimum atomic E-state index is 0.577. The normalized spacial score (nSPS) is 21.9. The Morgan fingerprint density at radius 2 is 1.75 bits per heavy atom. The third-order valence-corrected chi connectivity index (χ3v) is 4.06. The molecule has 0 radical (unpaired) electrons. The van der Waals surface area contributed by atoms with Crippen molar-refractivity contribution in [1.29, 1.82) is 0 Å². The average Bonchev–Trinajstić information content (AvgIpc) is 2.40. The molecule has 0 aliphatic carbocycles. The summed E-state index contributed by atoms with van der Waals surface area (Å²) < 4.78 is 0. The van der Waals surface area contributed by atoms with E-state index in [1.54, 1.807) is 0 Å². The van der Waals surface area contributed by atoms with Gasteiger partial charge in [0.25, 0.3) is 0 Å². The molecular formula is C14H28ClN. The van der Waals surface area contributed by atoms with E-state index in [9.17, 15) is 0 Å². The minimum absolute atomic E-state index is 0.577. The summed E-state index contributed by atoms with van der Waals surface area (Å²) in [6.45, 7) is 8.76. The fourth-order valence-electron chi connectivity index (χ4n) is 2.49. The monoisotopic (exact) mass is 245 g/mol. The molecule has 2 heteroatoms. The zero-order valence-corrected chi connectivity index (χ0v) is 11.9. The van der Waals surface area contributed by atoms with Crippen LogP contribution in [0.4, 0.5) is 0 Å². The van der Waals surface area contributed by atoms with E-state index in [1.807, 2.05) is 0 Å². The molecule has 0 aromatic carbocycles. The van der Waals surface area contributed by atoms with Crippen molar-refractivity contribution in [2.75, 3.05) is 25.5 Å². The third kappa shape index (κ3) is 6.10. The van der Waals surface area contributed by atoms with Gasteiger partial charge in [-0.3, -0.25) is 0 Å². The van der Waals surface area contributed by atoms with E-state index >= 15 is 0 Å². The molecule has 0 unspecified atom stereocenters. The average molecular weight is 246 g/mol. The lowest BCUT2D eigenvalue weighted by Gasteiger charge is -2.23. The van der Waals surface area contributed by atoms with Gasteiger partial charge in [0.2, 0.25) is 0 Å². The summed E-state index contributed by atoms with van der Waals surface area (Å²) in [4.78, 5) is 2.66. The van der Waals surface area contributed by atoms with Gasteiger partial charge in [0.05, 0.1) is 0 Å². The van der Waals surface area contributed by atoms with Gasteiger partial charge in [-0.1, -0.05) is 26.7 Å². The van der Waals surface area contributed by atoms with E-state index in [-0.39, 0.29) is 0 Å². The largest absolute Gasteiger partial charge is 0.303 e. The maximum absolute atomic E-state index is 5.67. The lowest BCUT2D eigenvalue weighted by Crippen LogP contribution is -2.26. The maximum Gasteiger partial charge on any atom is 0.0223 e. The lowest BCUT2D eigenvalue weighted by molar-refractivity contribution is 0.257. The van der Waals surface area contributed by atoms with E-state index in [4.69, 9.17) is 11.6 Å². The molecule has 1 heterocycles. The van der Waals surface area contributed by atoms with Crippen LogP contribution in [0.2, 0.25) is 0 Å². The molecule has 0 bridgehead atoms. The third-order valence-electron chi connectivity index (χ3n) is 3.79. The molecule has 0 saturated carbocycles. The van der Waals surface area contributed by atoms with E-state index in [0.717, 1.165) is 5.88 Å². The first kappa shape index (κ1) is 14.3. The first-order chi connectivity index (χ1) is 7.64. The summed E-state index contributed by atoms with van der Waals surface area (Å²) in [5.41, 5.74) is 0.577. The predicted molar refractivity (Wildman–Crippen MR) is 73.3 cm³/mol. The van der Waals surface area contributed by atoms with Crippen LogP contribution in [0, 0.1) is 5.41 Å². The predicted octanol–water partition coefficient (Wildman–Crippen LogP) is 4.30. The Balaban J connectivity index is 2.08. The van der Waals surface area contributed by atoms with Gasteiger partial charge in [-0.15, -0.1) is 11.6 Å². The highest BCUT2D eigenvalue weighted by molar-refractivity contribution is 6.17. The number of halogens is 1. The van der Waals surface area contributed by atoms with E-state index < -0.39 is 0 Å². The van der Waals surface area contributed by atoms with Crippen LogP contribution >= 0.6 is 11.6 Å². The topological polar surface area (TPSA) is 3.24 Å². The number of nitrogens with zero attached hydrogens (tertiary/aromatic N) is 1. The molecule has 96 valence electrons. The minimum Gasteiger partial charge on any atom is -0.303 e. The molecule has 1 fully saturated rings. The molecule has 0 amide bonds. The summed E-state index contributed by atoms with van der Waals surface area (Å²) in [5.74, 6) is 0.831. The van der Waals surface area contributed by atoms with Gasteiger partial charge in [0.1, 0.15) is 0 Å². The van der Waals surface area contributed by atoms with Gasteiger partial charge in [0.15, 0.2) is 0 Å². The van der Waals surface area contributed by atoms with Crippen molar-refractivity contribution >= 4 is 11.6 Å². The zero-order chi connectivity index (χ0) is 11.9. The highest BCUT2D eigenvalue weighted by atomic mass is 35.5. The molecule has 1 aliphatic heterocycles. The van der Waals surface area contributed by atoms with Gasteiger partial charge in [-0.2, -0.15) is 0 Å². The Kier molecular flexibility index (Phi) is 6.75. The Morgan fingerprint density at radius 3 is 2.50 bits per heavy atom. The molecule has 1 aliphatic rings. The molecule has 0 atom stereocenters. The molecule has 1 rings (SSSR count). The number of alkyl halides is 1. The summed E-state index contributed by atoms with van der Waals surface area (Å²) in [6.07, 6.45) is 9.36. The Hall–Kier alpha value is 0.250. The molecule has 0 spiro atoms. The van der Waals surface area contributed by atoms with Gasteiger partial charge in [-0.25, -0.2) is 0 Å². The van der Waals surface area contributed by atoms with E-state index in [0.29, 0.717) is 5.41 Å². The lowest BCUT2D eigenvalue weighted by atomic mass is 9.85. The molecular weight excluding hydrogens is 218 g/mol. The summed E-state index contributed by atoms with van der Waals surface area (Å²) >= 11 is 5.67. The molecule has 1 saturated heterocycles. The van der Waals surface area contributed by atoms with Crippen molar-refractivity contribution in [3.8, 4) is 0 Å². The maximum atomic E-state index is 5.67. The molecule has 1 nitrogen and oxygen atoms in total. The summed E-state index contributed by atoms with van der Waals surface area (Å²) in [6, 6.07) is 0. The Labute approximate surface area is 107 Å². The van der Waals surface area contributed by atoms with Crippen molar-refractivity contribution in [2.45, 2.75) is 58.8 Å². The highest BCUT2D eigenvalue weighted by Crippen LogP contribution is 2.29. The van der Waals surface area contributed by atoms with Crippen LogP contribution in [-0.2, 0) is 0 Å². The summed E-state index contributed by atoms with van der Waals surface area (Å²) in [5, 5.41) is 0. The number of hydrogen-bond donors (Lipinski definition) is 0. The summed E-state index contributed by atoms with van der Waals surface area (Å²) in [7, 11) is 0. The van der Waals surface area contributed by atoms with Crippen LogP contribution in [0.3, 0.4) is 0 Å². The fourth-order valence-corrected chi connectivity index (χ4v) is 2.67. The van der Waals surface area contributed by atoms with Gasteiger partial charge >= 0.3 is 0 Å². The Bertz CT molecular complexity index is 180. The van der Waals surface area contributed by atoms with Crippen molar-refractivity contribution in [3.05, 3.63) is 0 Å². The standard InChI is InChI=1S/C14H28ClN/c1-14(2)8-7-12-16(13-9-14)11-6-4-3-5-10-15/h3-13H2,1-2H3. The van der Waals surface area contributed by atoms with Crippen LogP contribution in [0.15, 0.2) is 0 Å². The van der Waals surface area contributed by atoms with Crippen LogP contribution in [0.1, 0.15) is 58.8 Å². The van der Waals surface area contributed by atoms with Crippen LogP contribution < -0.4 is 0 Å². The van der Waals surface area contributed by atoms with Crippen LogP contribution in [0.25, 0.3) is 0 Å². The fraction of sp³-hybridized carbons (Fsp3) is 1.00. The smallest absolute Gasteiger partial charge is 0.0223 e. The Morgan fingerprint density at radius 1 is 1.00 bits per heavy atom. The molecule has 0 aromatic heterocycles. The zero-order valence-electron chi connectivity index (χ0n) is 11.1. The number of rotatable bonds is 6. The van der Waals surface area contributed by atoms with Crippen molar-refractivity contribution in [1.82, 2.24) is 4.90 Å². The van der Waals surface area contributed by atoms with Crippen LogP contribution in [0.5, 0.6) is 0 Å². The second-order valence-electron chi connectivity index (χ2n) is 5.96. The number of unbranched alkanes of at least 4 members (excludes halogenated alkanes) is 3. The SMILES string of the molecule is CC1(C)CCCN(CCCCCCCl)CC1. The van der Waals surface area contributed by atoms with Gasteiger partial charge in [0, 0.05) is 5.88 Å². The van der Waals surface area contributed by atoms with Crippen molar-refractivity contribution in [3.63, 3.8) is 0 Å². The highest BCUT2D eigenvalue weighted by Gasteiger charge is 2.22. The molecule has 16 heavy (non-hydrogen) atoms. The van der Waals surface area contributed by atoms with E-state index in [2.05, 4.69) is 18.7 Å². The van der Waals surface area contributed by atoms with Crippen molar-refractivity contribution < 1.29 is 0 Å². The number of likely N-dealkylation sites (tertiary alicyclic amines) is 1. The second kappa shape index (κ2) is 7.55. The van der Waals surface area contributed by atoms with E-state index in [1.165, 1.54) is 64.6 Å². The first-order valence-electron chi connectivity index (χ1n) is 6.92. The second-order valence-corrected chi connectivity index (χ2v) is 6.34. The van der Waals surface area contributed by atoms with Crippen molar-refractivity contribution in [2.24, 2.45) is 5.41 Å². The molecule has 0 aromatic rings. The quantitative estimate of drug-likeness (QED) is 0.498. The van der Waals surface area contributed by atoms with Gasteiger partial charge < -0.3 is 4.90 Å². The molecule has 0 N–H and O–H groups in total. The first-order valence-corrected chi connectivity index (χ1v) is 7.46. The number of hydrogen-bond acceptors (Lipinski definition) is 1. The van der Waals surface area contributed by atoms with Gasteiger partial charge in [-0.05, 0) is 57.2 Å².